The second kappa shape index (κ2) is 10.7. The average Bonchev–Trinajstić information content (AvgIpc) is 2.76. The molecule has 0 aromatic heterocycles. The van der Waals surface area contributed by atoms with Crippen LogP contribution in [0.1, 0.15) is 27.0 Å². The third-order valence-electron chi connectivity index (χ3n) is 5.16. The third-order valence-corrected chi connectivity index (χ3v) is 5.16. The van der Waals surface area contributed by atoms with Gasteiger partial charge in [0.25, 0.3) is 11.8 Å². The maximum atomic E-state index is 12.8. The SMILES string of the molecule is Cc1ccc(/C=C(\NC(=O)c2ccc(C)cc2)C(=O)NCC[NH+]2CCOCC2)cc1. The lowest BCUT2D eigenvalue weighted by molar-refractivity contribution is -0.906. The summed E-state index contributed by atoms with van der Waals surface area (Å²) in [5, 5.41) is 5.73. The van der Waals surface area contributed by atoms with Crippen LogP contribution in [0.2, 0.25) is 0 Å². The zero-order chi connectivity index (χ0) is 21.3. The Labute approximate surface area is 177 Å². The molecule has 30 heavy (non-hydrogen) atoms. The summed E-state index contributed by atoms with van der Waals surface area (Å²) in [4.78, 5) is 26.9. The molecule has 2 aromatic carbocycles. The van der Waals surface area contributed by atoms with Gasteiger partial charge in [-0.25, -0.2) is 0 Å². The summed E-state index contributed by atoms with van der Waals surface area (Å²) in [5.41, 5.74) is 3.82. The molecule has 3 N–H and O–H groups in total. The smallest absolute Gasteiger partial charge is 0.268 e. The molecule has 0 saturated carbocycles. The Morgan fingerprint density at radius 2 is 1.57 bits per heavy atom. The van der Waals surface area contributed by atoms with Crippen LogP contribution >= 0.6 is 0 Å². The van der Waals surface area contributed by atoms with E-state index in [1.165, 1.54) is 4.90 Å². The summed E-state index contributed by atoms with van der Waals surface area (Å²) in [5.74, 6) is -0.592. The summed E-state index contributed by atoms with van der Waals surface area (Å²) >= 11 is 0. The summed E-state index contributed by atoms with van der Waals surface area (Å²) in [6.45, 7) is 8.77. The van der Waals surface area contributed by atoms with Gasteiger partial charge in [-0.2, -0.15) is 0 Å². The number of carbonyl (C=O) groups excluding carboxylic acids is 2. The Kier molecular flexibility index (Phi) is 7.76. The molecule has 1 heterocycles. The first-order chi connectivity index (χ1) is 14.5. The lowest BCUT2D eigenvalue weighted by Gasteiger charge is -2.23. The molecule has 3 rings (SSSR count). The lowest BCUT2D eigenvalue weighted by atomic mass is 10.1. The molecular weight excluding hydrogens is 378 g/mol. The van der Waals surface area contributed by atoms with E-state index in [9.17, 15) is 9.59 Å². The van der Waals surface area contributed by atoms with E-state index >= 15 is 0 Å². The van der Waals surface area contributed by atoms with E-state index in [1.54, 1.807) is 18.2 Å². The van der Waals surface area contributed by atoms with E-state index in [0.717, 1.165) is 49.5 Å². The van der Waals surface area contributed by atoms with Gasteiger partial charge in [0.1, 0.15) is 18.8 Å². The van der Waals surface area contributed by atoms with Crippen molar-refractivity contribution in [1.82, 2.24) is 10.6 Å². The van der Waals surface area contributed by atoms with Gasteiger partial charge in [0.2, 0.25) is 0 Å². The van der Waals surface area contributed by atoms with Crippen molar-refractivity contribution in [2.75, 3.05) is 39.4 Å². The average molecular weight is 409 g/mol. The molecule has 0 spiro atoms. The predicted molar refractivity (Wildman–Crippen MR) is 117 cm³/mol. The van der Waals surface area contributed by atoms with Crippen molar-refractivity contribution in [3.8, 4) is 0 Å². The van der Waals surface area contributed by atoms with Crippen molar-refractivity contribution in [3.05, 3.63) is 76.5 Å². The van der Waals surface area contributed by atoms with E-state index in [2.05, 4.69) is 10.6 Å². The highest BCUT2D eigenvalue weighted by atomic mass is 16.5. The number of hydrogen-bond acceptors (Lipinski definition) is 3. The maximum Gasteiger partial charge on any atom is 0.268 e. The second-order valence-corrected chi connectivity index (χ2v) is 7.66. The van der Waals surface area contributed by atoms with E-state index in [-0.39, 0.29) is 17.5 Å². The molecule has 1 fully saturated rings. The van der Waals surface area contributed by atoms with Crippen LogP contribution in [-0.2, 0) is 9.53 Å². The van der Waals surface area contributed by atoms with Crippen molar-refractivity contribution < 1.29 is 19.2 Å². The molecule has 6 heteroatoms. The number of carbonyl (C=O) groups is 2. The zero-order valence-corrected chi connectivity index (χ0v) is 17.7. The zero-order valence-electron chi connectivity index (χ0n) is 17.7. The van der Waals surface area contributed by atoms with E-state index in [4.69, 9.17) is 4.74 Å². The fourth-order valence-electron chi connectivity index (χ4n) is 3.25. The number of ether oxygens (including phenoxy) is 1. The number of nitrogens with one attached hydrogen (secondary N) is 3. The molecule has 0 atom stereocenters. The van der Waals surface area contributed by atoms with Crippen LogP contribution < -0.4 is 15.5 Å². The van der Waals surface area contributed by atoms with E-state index < -0.39 is 0 Å². The van der Waals surface area contributed by atoms with Gasteiger partial charge >= 0.3 is 0 Å². The van der Waals surface area contributed by atoms with Crippen molar-refractivity contribution >= 4 is 17.9 Å². The first-order valence-corrected chi connectivity index (χ1v) is 10.4. The Hall–Kier alpha value is -2.96. The minimum Gasteiger partial charge on any atom is -0.370 e. The fourth-order valence-corrected chi connectivity index (χ4v) is 3.25. The molecule has 1 aliphatic rings. The quantitative estimate of drug-likeness (QED) is 0.601. The Morgan fingerprint density at radius 1 is 0.967 bits per heavy atom. The molecular formula is C24H30N3O3+. The van der Waals surface area contributed by atoms with Gasteiger partial charge in [-0.15, -0.1) is 0 Å². The van der Waals surface area contributed by atoms with Crippen LogP contribution in [0.5, 0.6) is 0 Å². The summed E-state index contributed by atoms with van der Waals surface area (Å²) < 4.78 is 5.37. The van der Waals surface area contributed by atoms with Crippen molar-refractivity contribution in [2.24, 2.45) is 0 Å². The monoisotopic (exact) mass is 408 g/mol. The molecule has 2 amide bonds. The van der Waals surface area contributed by atoms with Crippen LogP contribution in [0.15, 0.2) is 54.2 Å². The third kappa shape index (κ3) is 6.54. The van der Waals surface area contributed by atoms with Gasteiger partial charge in [0.05, 0.1) is 26.3 Å². The first-order valence-electron chi connectivity index (χ1n) is 10.4. The molecule has 0 bridgehead atoms. The standard InChI is InChI=1S/C24H29N3O3/c1-18-3-7-20(8-4-18)17-22(26-23(28)21-9-5-19(2)6-10-21)24(29)25-11-12-27-13-15-30-16-14-27/h3-10,17H,11-16H2,1-2H3,(H,25,29)(H,26,28)/p+1/b22-17-. The minimum absolute atomic E-state index is 0.237. The van der Waals surface area contributed by atoms with Crippen molar-refractivity contribution in [1.29, 1.82) is 0 Å². The van der Waals surface area contributed by atoms with Crippen LogP contribution in [0.25, 0.3) is 6.08 Å². The van der Waals surface area contributed by atoms with Gasteiger partial charge in [-0.05, 0) is 37.6 Å². The van der Waals surface area contributed by atoms with Gasteiger partial charge < -0.3 is 20.3 Å². The molecule has 1 aliphatic heterocycles. The number of morpholine rings is 1. The fraction of sp³-hybridized carbons (Fsp3) is 0.333. The number of rotatable bonds is 7. The van der Waals surface area contributed by atoms with Crippen LogP contribution in [0, 0.1) is 13.8 Å². The number of benzene rings is 2. The van der Waals surface area contributed by atoms with E-state index in [0.29, 0.717) is 12.1 Å². The van der Waals surface area contributed by atoms with Crippen LogP contribution in [0.4, 0.5) is 0 Å². The molecule has 0 radical (unpaired) electrons. The lowest BCUT2D eigenvalue weighted by Crippen LogP contribution is -3.14. The molecule has 1 saturated heterocycles. The molecule has 6 nitrogen and oxygen atoms in total. The Morgan fingerprint density at radius 3 is 2.20 bits per heavy atom. The first kappa shape index (κ1) is 21.7. The van der Waals surface area contributed by atoms with E-state index in [1.807, 2.05) is 50.2 Å². The Balaban J connectivity index is 1.69. The van der Waals surface area contributed by atoms with Gasteiger partial charge in [-0.1, -0.05) is 47.5 Å². The number of aryl methyl sites for hydroxylation is 2. The normalized spacial score (nSPS) is 14.9. The van der Waals surface area contributed by atoms with Gasteiger partial charge in [-0.3, -0.25) is 9.59 Å². The largest absolute Gasteiger partial charge is 0.370 e. The predicted octanol–water partition coefficient (Wildman–Crippen LogP) is 1.11. The second-order valence-electron chi connectivity index (χ2n) is 7.66. The van der Waals surface area contributed by atoms with Gasteiger partial charge in [0, 0.05) is 5.56 Å². The van der Waals surface area contributed by atoms with Crippen LogP contribution in [0.3, 0.4) is 0 Å². The van der Waals surface area contributed by atoms with Crippen molar-refractivity contribution in [3.63, 3.8) is 0 Å². The molecule has 0 aliphatic carbocycles. The molecule has 2 aromatic rings. The number of hydrogen-bond donors (Lipinski definition) is 3. The molecule has 158 valence electrons. The summed E-state index contributed by atoms with van der Waals surface area (Å²) in [6.07, 6.45) is 1.71. The summed E-state index contributed by atoms with van der Waals surface area (Å²) in [7, 11) is 0. The number of quaternary nitrogens is 1. The Bertz CT molecular complexity index is 883. The van der Waals surface area contributed by atoms with Gasteiger partial charge in [0.15, 0.2) is 0 Å². The molecule has 0 unspecified atom stereocenters. The van der Waals surface area contributed by atoms with Crippen molar-refractivity contribution in [2.45, 2.75) is 13.8 Å². The highest BCUT2D eigenvalue weighted by molar-refractivity contribution is 6.05. The number of amides is 2. The topological polar surface area (TPSA) is 71.9 Å². The summed E-state index contributed by atoms with van der Waals surface area (Å²) in [6, 6.07) is 15.1. The maximum absolute atomic E-state index is 12.8. The highest BCUT2D eigenvalue weighted by Crippen LogP contribution is 2.09. The highest BCUT2D eigenvalue weighted by Gasteiger charge is 2.17. The minimum atomic E-state index is -0.303. The van der Waals surface area contributed by atoms with Crippen LogP contribution in [-0.4, -0.2) is 51.2 Å².